The third kappa shape index (κ3) is 2.75. The number of hydrogen-bond donors (Lipinski definition) is 3. The van der Waals surface area contributed by atoms with Crippen molar-refractivity contribution in [2.75, 3.05) is 19.8 Å². The van der Waals surface area contributed by atoms with Gasteiger partial charge < -0.3 is 5.73 Å². The second-order valence-electron chi connectivity index (χ2n) is 3.25. The molecule has 0 heterocycles. The first kappa shape index (κ1) is 15.2. The molecule has 0 aliphatic carbocycles. The molecule has 4 N–H and O–H groups in total. The first-order chi connectivity index (χ1) is 8.15. The number of nitrogens with one attached hydrogen (secondary N) is 2. The summed E-state index contributed by atoms with van der Waals surface area (Å²) in [6.07, 6.45) is 0. The molecule has 0 radical (unpaired) electrons. The number of benzene rings is 1. The molecule has 0 amide bonds. The number of rotatable bonds is 4. The summed E-state index contributed by atoms with van der Waals surface area (Å²) in [6, 6.07) is 2.20. The summed E-state index contributed by atoms with van der Waals surface area (Å²) in [5, 5.41) is -0.266. The van der Waals surface area contributed by atoms with Crippen molar-refractivity contribution in [1.29, 1.82) is 0 Å². The Morgan fingerprint density at radius 1 is 1.06 bits per heavy atom. The molecule has 0 fully saturated rings. The van der Waals surface area contributed by atoms with E-state index in [1.165, 1.54) is 6.07 Å². The first-order valence-electron chi connectivity index (χ1n) is 4.62. The zero-order chi connectivity index (χ0) is 14.1. The molecular weight excluding hydrogens is 302 g/mol. The molecule has 0 aliphatic heterocycles. The van der Waals surface area contributed by atoms with Crippen LogP contribution in [0.25, 0.3) is 0 Å². The van der Waals surface area contributed by atoms with Crippen LogP contribution in [0.4, 0.5) is 5.69 Å². The fraction of sp³-hybridized carbons (Fsp3) is 0.250. The van der Waals surface area contributed by atoms with Gasteiger partial charge in [-0.05, 0) is 26.2 Å². The smallest absolute Gasteiger partial charge is 0.243 e. The van der Waals surface area contributed by atoms with Crippen LogP contribution in [0.5, 0.6) is 0 Å². The SMILES string of the molecule is CNS(=O)(=O)c1cc(N)cc(Cl)c1S(=O)(=O)NC. The maximum atomic E-state index is 11.8. The van der Waals surface area contributed by atoms with E-state index in [2.05, 4.69) is 0 Å². The van der Waals surface area contributed by atoms with Gasteiger partial charge in [0.05, 0.1) is 5.02 Å². The Morgan fingerprint density at radius 2 is 1.56 bits per heavy atom. The second kappa shape index (κ2) is 5.02. The van der Waals surface area contributed by atoms with E-state index in [1.54, 1.807) is 0 Å². The summed E-state index contributed by atoms with van der Waals surface area (Å²) in [5.41, 5.74) is 5.52. The second-order valence-corrected chi connectivity index (χ2v) is 7.33. The first-order valence-corrected chi connectivity index (χ1v) is 7.96. The molecule has 0 spiro atoms. The lowest BCUT2D eigenvalue weighted by atomic mass is 10.3. The van der Waals surface area contributed by atoms with Crippen LogP contribution in [-0.4, -0.2) is 30.9 Å². The highest BCUT2D eigenvalue weighted by molar-refractivity contribution is 7.92. The molecule has 1 aromatic carbocycles. The monoisotopic (exact) mass is 313 g/mol. The molecule has 7 nitrogen and oxygen atoms in total. The van der Waals surface area contributed by atoms with Crippen molar-refractivity contribution in [3.63, 3.8) is 0 Å². The van der Waals surface area contributed by atoms with Gasteiger partial charge in [0.1, 0.15) is 9.79 Å². The van der Waals surface area contributed by atoms with Crippen molar-refractivity contribution in [3.8, 4) is 0 Å². The Bertz CT molecular complexity index is 670. The highest BCUT2D eigenvalue weighted by atomic mass is 35.5. The zero-order valence-electron chi connectivity index (χ0n) is 9.56. The molecule has 102 valence electrons. The number of nitrogen functional groups attached to an aromatic ring is 1. The minimum atomic E-state index is -4.03. The van der Waals surface area contributed by atoms with E-state index in [-0.39, 0.29) is 10.7 Å². The van der Waals surface area contributed by atoms with E-state index in [4.69, 9.17) is 17.3 Å². The quantitative estimate of drug-likeness (QED) is 0.662. The van der Waals surface area contributed by atoms with Gasteiger partial charge in [-0.3, -0.25) is 0 Å². The Labute approximate surface area is 110 Å². The highest BCUT2D eigenvalue weighted by Gasteiger charge is 2.28. The van der Waals surface area contributed by atoms with Crippen molar-refractivity contribution in [2.24, 2.45) is 0 Å². The van der Waals surface area contributed by atoms with E-state index in [9.17, 15) is 16.8 Å². The maximum absolute atomic E-state index is 11.8. The largest absolute Gasteiger partial charge is 0.399 e. The average Bonchev–Trinajstić information content (AvgIpc) is 2.27. The van der Waals surface area contributed by atoms with Crippen molar-refractivity contribution >= 4 is 37.3 Å². The topological polar surface area (TPSA) is 118 Å². The van der Waals surface area contributed by atoms with Gasteiger partial charge in [0, 0.05) is 5.69 Å². The van der Waals surface area contributed by atoms with Gasteiger partial charge in [-0.25, -0.2) is 26.3 Å². The van der Waals surface area contributed by atoms with E-state index < -0.39 is 29.8 Å². The molecule has 0 atom stereocenters. The Hall–Kier alpha value is -0.870. The lowest BCUT2D eigenvalue weighted by molar-refractivity contribution is 0.574. The van der Waals surface area contributed by atoms with Crippen LogP contribution in [0.2, 0.25) is 5.02 Å². The number of sulfonamides is 2. The number of hydrogen-bond acceptors (Lipinski definition) is 5. The number of halogens is 1. The summed E-state index contributed by atoms with van der Waals surface area (Å²) < 4.78 is 51.1. The minimum absolute atomic E-state index is 0.0453. The molecule has 18 heavy (non-hydrogen) atoms. The van der Waals surface area contributed by atoms with Gasteiger partial charge in [0.2, 0.25) is 20.0 Å². The van der Waals surface area contributed by atoms with E-state index in [0.717, 1.165) is 20.2 Å². The third-order valence-corrected chi connectivity index (χ3v) is 5.62. The Balaban J connectivity index is 3.82. The predicted molar refractivity (Wildman–Crippen MR) is 68.4 cm³/mol. The summed E-state index contributed by atoms with van der Waals surface area (Å²) >= 11 is 5.77. The summed E-state index contributed by atoms with van der Waals surface area (Å²) in [7, 11) is -5.72. The van der Waals surface area contributed by atoms with Crippen molar-refractivity contribution in [1.82, 2.24) is 9.44 Å². The summed E-state index contributed by atoms with van der Waals surface area (Å²) in [4.78, 5) is -1.03. The van der Waals surface area contributed by atoms with Gasteiger partial charge in [-0.2, -0.15) is 0 Å². The number of anilines is 1. The molecule has 1 rings (SSSR count). The molecule has 0 aliphatic rings. The summed E-state index contributed by atoms with van der Waals surface area (Å²) in [5.74, 6) is 0. The normalized spacial score (nSPS) is 12.6. The molecule has 1 aromatic rings. The average molecular weight is 314 g/mol. The molecule has 0 saturated heterocycles. The van der Waals surface area contributed by atoms with E-state index in [0.29, 0.717) is 0 Å². The van der Waals surface area contributed by atoms with Crippen molar-refractivity contribution < 1.29 is 16.8 Å². The standard InChI is InChI=1S/C8H12ClN3O4S2/c1-11-17(13,14)7-4-5(10)3-6(9)8(7)18(15,16)12-2/h3-4,11-12H,10H2,1-2H3. The van der Waals surface area contributed by atoms with Crippen LogP contribution in [-0.2, 0) is 20.0 Å². The predicted octanol–water partition coefficient (Wildman–Crippen LogP) is -0.262. The molecular formula is C8H12ClN3O4S2. The minimum Gasteiger partial charge on any atom is -0.399 e. The molecule has 0 bridgehead atoms. The van der Waals surface area contributed by atoms with E-state index in [1.807, 2.05) is 9.44 Å². The van der Waals surface area contributed by atoms with Gasteiger partial charge in [-0.1, -0.05) is 11.6 Å². The van der Waals surface area contributed by atoms with Crippen LogP contribution in [0.1, 0.15) is 0 Å². The lowest BCUT2D eigenvalue weighted by Crippen LogP contribution is -2.26. The van der Waals surface area contributed by atoms with Gasteiger partial charge in [0.25, 0.3) is 0 Å². The van der Waals surface area contributed by atoms with Gasteiger partial charge in [-0.15, -0.1) is 0 Å². The van der Waals surface area contributed by atoms with E-state index >= 15 is 0 Å². The van der Waals surface area contributed by atoms with Crippen LogP contribution < -0.4 is 15.2 Å². The fourth-order valence-corrected chi connectivity index (χ4v) is 4.22. The van der Waals surface area contributed by atoms with Crippen molar-refractivity contribution in [2.45, 2.75) is 9.79 Å². The van der Waals surface area contributed by atoms with Gasteiger partial charge in [0.15, 0.2) is 0 Å². The highest BCUT2D eigenvalue weighted by Crippen LogP contribution is 2.31. The van der Waals surface area contributed by atoms with Crippen LogP contribution >= 0.6 is 11.6 Å². The summed E-state index contributed by atoms with van der Waals surface area (Å²) in [6.45, 7) is 0. The molecule has 0 unspecified atom stereocenters. The zero-order valence-corrected chi connectivity index (χ0v) is 11.9. The van der Waals surface area contributed by atoms with Crippen LogP contribution in [0, 0.1) is 0 Å². The van der Waals surface area contributed by atoms with Gasteiger partial charge >= 0.3 is 0 Å². The lowest BCUT2D eigenvalue weighted by Gasteiger charge is -2.12. The Kier molecular flexibility index (Phi) is 4.23. The van der Waals surface area contributed by atoms with Crippen LogP contribution in [0.3, 0.4) is 0 Å². The van der Waals surface area contributed by atoms with Crippen LogP contribution in [0.15, 0.2) is 21.9 Å². The third-order valence-electron chi connectivity index (χ3n) is 2.13. The number of nitrogens with two attached hydrogens (primary N) is 1. The molecule has 0 aromatic heterocycles. The maximum Gasteiger partial charge on any atom is 0.243 e. The molecule has 10 heteroatoms. The fourth-order valence-electron chi connectivity index (χ4n) is 1.26. The van der Waals surface area contributed by atoms with Crippen molar-refractivity contribution in [3.05, 3.63) is 17.2 Å². The molecule has 0 saturated carbocycles. The Morgan fingerprint density at radius 3 is 2.00 bits per heavy atom.